The lowest BCUT2D eigenvalue weighted by Crippen LogP contribution is -2.39. The van der Waals surface area contributed by atoms with Crippen molar-refractivity contribution >= 4 is 17.6 Å². The van der Waals surface area contributed by atoms with E-state index in [1.807, 2.05) is 54.3 Å². The maximum absolute atomic E-state index is 12.7. The van der Waals surface area contributed by atoms with Crippen LogP contribution in [0.25, 0.3) is 0 Å². The van der Waals surface area contributed by atoms with Crippen LogP contribution in [0, 0.1) is 6.92 Å². The van der Waals surface area contributed by atoms with Gasteiger partial charge in [0.1, 0.15) is 0 Å². The summed E-state index contributed by atoms with van der Waals surface area (Å²) in [5, 5.41) is 6.11. The molecule has 0 bridgehead atoms. The third kappa shape index (κ3) is 2.94. The molecule has 1 fully saturated rings. The molecule has 2 heterocycles. The first kappa shape index (κ1) is 16.6. The number of amides is 3. The van der Waals surface area contributed by atoms with Crippen molar-refractivity contribution in [1.29, 1.82) is 0 Å². The van der Waals surface area contributed by atoms with Gasteiger partial charge in [-0.15, -0.1) is 0 Å². The lowest BCUT2D eigenvalue weighted by atomic mass is 9.94. The summed E-state index contributed by atoms with van der Waals surface area (Å²) in [4.78, 5) is 27.0. The summed E-state index contributed by atoms with van der Waals surface area (Å²) in [6.45, 7) is 3.62. The van der Waals surface area contributed by atoms with Crippen LogP contribution in [-0.2, 0) is 0 Å². The van der Waals surface area contributed by atoms with Crippen LogP contribution in [0.1, 0.15) is 52.4 Å². The van der Waals surface area contributed by atoms with Crippen molar-refractivity contribution in [2.45, 2.75) is 32.2 Å². The normalized spacial score (nSPS) is 19.0. The molecule has 134 valence electrons. The Kier molecular flexibility index (Phi) is 4.37. The van der Waals surface area contributed by atoms with E-state index in [1.165, 1.54) is 6.42 Å². The fourth-order valence-corrected chi connectivity index (χ4v) is 3.90. The zero-order valence-corrected chi connectivity index (χ0v) is 14.9. The molecule has 0 saturated carbocycles. The van der Waals surface area contributed by atoms with Gasteiger partial charge in [-0.3, -0.25) is 4.79 Å². The predicted molar refractivity (Wildman–Crippen MR) is 101 cm³/mol. The minimum absolute atomic E-state index is 0.0824. The Morgan fingerprint density at radius 3 is 2.62 bits per heavy atom. The molecule has 3 amide bonds. The maximum atomic E-state index is 12.7. The Bertz CT molecular complexity index is 856. The number of anilines is 1. The Balaban J connectivity index is 1.69. The van der Waals surface area contributed by atoms with E-state index in [2.05, 4.69) is 10.6 Å². The smallest absolute Gasteiger partial charge is 0.321 e. The van der Waals surface area contributed by atoms with E-state index >= 15 is 0 Å². The predicted octanol–water partition coefficient (Wildman–Crippen LogP) is 3.85. The molecule has 26 heavy (non-hydrogen) atoms. The largest absolute Gasteiger partial charge is 0.341 e. The number of hydrogen-bond donors (Lipinski definition) is 2. The maximum Gasteiger partial charge on any atom is 0.321 e. The van der Waals surface area contributed by atoms with Crippen molar-refractivity contribution in [3.05, 3.63) is 64.7 Å². The number of hydrogen-bond acceptors (Lipinski definition) is 2. The lowest BCUT2D eigenvalue weighted by Gasteiger charge is -2.27. The SMILES string of the molecule is Cc1ccccc1C1NC(=O)c2cccc(NC(=O)N3CCCCC3)c21. The van der Waals surface area contributed by atoms with Gasteiger partial charge in [0.15, 0.2) is 0 Å². The number of benzene rings is 2. The Morgan fingerprint density at radius 1 is 1.08 bits per heavy atom. The van der Waals surface area contributed by atoms with Crippen LogP contribution >= 0.6 is 0 Å². The van der Waals surface area contributed by atoms with Crippen LogP contribution in [0.3, 0.4) is 0 Å². The molecular formula is C21H23N3O2. The van der Waals surface area contributed by atoms with Gasteiger partial charge in [0.05, 0.1) is 6.04 Å². The molecule has 5 heteroatoms. The molecule has 1 unspecified atom stereocenters. The van der Waals surface area contributed by atoms with Gasteiger partial charge in [-0.25, -0.2) is 4.79 Å². The Morgan fingerprint density at radius 2 is 1.85 bits per heavy atom. The van der Waals surface area contributed by atoms with Crippen molar-refractivity contribution in [1.82, 2.24) is 10.2 Å². The molecule has 1 atom stereocenters. The molecule has 0 aliphatic carbocycles. The summed E-state index contributed by atoms with van der Waals surface area (Å²) in [7, 11) is 0. The van der Waals surface area contributed by atoms with E-state index in [0.29, 0.717) is 11.3 Å². The van der Waals surface area contributed by atoms with Gasteiger partial charge in [0, 0.05) is 29.9 Å². The highest BCUT2D eigenvalue weighted by Gasteiger charge is 2.33. The first-order chi connectivity index (χ1) is 12.6. The van der Waals surface area contributed by atoms with Crippen molar-refractivity contribution < 1.29 is 9.59 Å². The van der Waals surface area contributed by atoms with Gasteiger partial charge in [0.25, 0.3) is 5.91 Å². The number of rotatable bonds is 2. The van der Waals surface area contributed by atoms with E-state index in [-0.39, 0.29) is 18.0 Å². The highest BCUT2D eigenvalue weighted by atomic mass is 16.2. The van der Waals surface area contributed by atoms with Crippen LogP contribution in [0.4, 0.5) is 10.5 Å². The second-order valence-corrected chi connectivity index (χ2v) is 7.01. The molecule has 0 aromatic heterocycles. The zero-order valence-electron chi connectivity index (χ0n) is 14.9. The van der Waals surface area contributed by atoms with Crippen LogP contribution < -0.4 is 10.6 Å². The summed E-state index contributed by atoms with van der Waals surface area (Å²) < 4.78 is 0. The first-order valence-electron chi connectivity index (χ1n) is 9.20. The van der Waals surface area contributed by atoms with Gasteiger partial charge >= 0.3 is 6.03 Å². The number of carbonyl (C=O) groups is 2. The second kappa shape index (κ2) is 6.83. The standard InChI is InChI=1S/C21H23N3O2/c1-14-8-3-4-9-15(14)19-18-16(20(25)23-19)10-7-11-17(18)22-21(26)24-12-5-2-6-13-24/h3-4,7-11,19H,2,5-6,12-13H2,1H3,(H,22,26)(H,23,25). The summed E-state index contributed by atoms with van der Waals surface area (Å²) in [5.41, 5.74) is 4.37. The fraction of sp³-hybridized carbons (Fsp3) is 0.333. The van der Waals surface area contributed by atoms with E-state index in [4.69, 9.17) is 0 Å². The Labute approximate surface area is 153 Å². The second-order valence-electron chi connectivity index (χ2n) is 7.01. The minimum atomic E-state index is -0.239. The van der Waals surface area contributed by atoms with Crippen molar-refractivity contribution in [2.24, 2.45) is 0 Å². The summed E-state index contributed by atoms with van der Waals surface area (Å²) >= 11 is 0. The number of likely N-dealkylation sites (tertiary alicyclic amines) is 1. The van der Waals surface area contributed by atoms with E-state index in [1.54, 1.807) is 0 Å². The van der Waals surface area contributed by atoms with Crippen molar-refractivity contribution in [3.8, 4) is 0 Å². The molecule has 2 aliphatic heterocycles. The first-order valence-corrected chi connectivity index (χ1v) is 9.20. The number of urea groups is 1. The average molecular weight is 349 g/mol. The van der Waals surface area contributed by atoms with Crippen LogP contribution in [-0.4, -0.2) is 29.9 Å². The van der Waals surface area contributed by atoms with Gasteiger partial charge in [-0.1, -0.05) is 30.3 Å². The summed E-state index contributed by atoms with van der Waals surface area (Å²) in [6.07, 6.45) is 3.27. The quantitative estimate of drug-likeness (QED) is 0.865. The lowest BCUT2D eigenvalue weighted by molar-refractivity contribution is 0.0960. The highest BCUT2D eigenvalue weighted by Crippen LogP contribution is 2.37. The minimum Gasteiger partial charge on any atom is -0.341 e. The summed E-state index contributed by atoms with van der Waals surface area (Å²) in [5.74, 6) is -0.0951. The molecule has 0 radical (unpaired) electrons. The van der Waals surface area contributed by atoms with E-state index in [0.717, 1.165) is 42.6 Å². The van der Waals surface area contributed by atoms with Crippen molar-refractivity contribution in [2.75, 3.05) is 18.4 Å². The number of nitrogens with zero attached hydrogens (tertiary/aromatic N) is 1. The molecule has 2 aromatic rings. The molecule has 5 nitrogen and oxygen atoms in total. The topological polar surface area (TPSA) is 61.4 Å². The number of nitrogens with one attached hydrogen (secondary N) is 2. The van der Waals surface area contributed by atoms with Crippen LogP contribution in [0.15, 0.2) is 42.5 Å². The van der Waals surface area contributed by atoms with Gasteiger partial charge in [-0.2, -0.15) is 0 Å². The number of aryl methyl sites for hydroxylation is 1. The van der Waals surface area contributed by atoms with Gasteiger partial charge in [0.2, 0.25) is 0 Å². The molecular weight excluding hydrogens is 326 g/mol. The molecule has 2 N–H and O–H groups in total. The third-order valence-electron chi connectivity index (χ3n) is 5.30. The summed E-state index contributed by atoms with van der Waals surface area (Å²) in [6, 6.07) is 13.2. The molecule has 4 rings (SSSR count). The highest BCUT2D eigenvalue weighted by molar-refractivity contribution is 6.03. The van der Waals surface area contributed by atoms with Gasteiger partial charge < -0.3 is 15.5 Å². The fourth-order valence-electron chi connectivity index (χ4n) is 3.90. The van der Waals surface area contributed by atoms with Gasteiger partial charge in [-0.05, 0) is 49.4 Å². The number of fused-ring (bicyclic) bond motifs is 1. The van der Waals surface area contributed by atoms with E-state index in [9.17, 15) is 9.59 Å². The number of piperidine rings is 1. The molecule has 2 aromatic carbocycles. The molecule has 1 saturated heterocycles. The molecule has 2 aliphatic rings. The average Bonchev–Trinajstić information content (AvgIpc) is 3.00. The van der Waals surface area contributed by atoms with E-state index < -0.39 is 0 Å². The zero-order chi connectivity index (χ0) is 18.1. The van der Waals surface area contributed by atoms with Crippen LogP contribution in [0.2, 0.25) is 0 Å². The molecule has 0 spiro atoms. The van der Waals surface area contributed by atoms with Crippen LogP contribution in [0.5, 0.6) is 0 Å². The Hall–Kier alpha value is -2.82. The van der Waals surface area contributed by atoms with Crippen molar-refractivity contribution in [3.63, 3.8) is 0 Å². The number of carbonyl (C=O) groups excluding carboxylic acids is 2. The monoisotopic (exact) mass is 349 g/mol. The third-order valence-corrected chi connectivity index (χ3v) is 5.30.